The van der Waals surface area contributed by atoms with Crippen LogP contribution in [0.5, 0.6) is 0 Å². The monoisotopic (exact) mass is 239 g/mol. The molecule has 7 heteroatoms. The summed E-state index contributed by atoms with van der Waals surface area (Å²) in [6.07, 6.45) is 0.204. The van der Waals surface area contributed by atoms with Gasteiger partial charge in [0.2, 0.25) is 0 Å². The van der Waals surface area contributed by atoms with Crippen LogP contribution in [0.1, 0.15) is 13.3 Å². The molecule has 0 saturated heterocycles. The van der Waals surface area contributed by atoms with Gasteiger partial charge in [0.05, 0.1) is 5.38 Å². The number of hydrogen-bond acceptors (Lipinski definition) is 2. The second-order valence-electron chi connectivity index (χ2n) is 1.89. The van der Waals surface area contributed by atoms with E-state index < -0.39 is 19.2 Å². The highest BCUT2D eigenvalue weighted by Gasteiger charge is 2.46. The molecule has 0 aliphatic carbocycles. The topological polar surface area (TPSA) is 54.0 Å². The molecule has 0 aliphatic heterocycles. The predicted molar refractivity (Wildman–Crippen MR) is 44.0 cm³/mol. The average molecular weight is 241 g/mol. The Kier molecular flexibility index (Phi) is 3.92. The van der Waals surface area contributed by atoms with Crippen molar-refractivity contribution in [1.29, 1.82) is 0 Å². The Hall–Kier alpha value is 0.780. The van der Waals surface area contributed by atoms with Crippen LogP contribution in [-0.4, -0.2) is 17.5 Å². The Morgan fingerprint density at radius 1 is 1.45 bits per heavy atom. The first kappa shape index (κ1) is 11.8. The quantitative estimate of drug-likeness (QED) is 0.708. The third kappa shape index (κ3) is 2.63. The number of rotatable bonds is 3. The van der Waals surface area contributed by atoms with Crippen molar-refractivity contribution in [1.82, 2.24) is 0 Å². The van der Waals surface area contributed by atoms with Crippen LogP contribution < -0.4 is 0 Å². The predicted octanol–water partition coefficient (Wildman–Crippen LogP) is 1.90. The third-order valence-electron chi connectivity index (χ3n) is 1.06. The number of alkyl halides is 3. The molecule has 11 heavy (non-hydrogen) atoms. The zero-order valence-corrected chi connectivity index (χ0v) is 8.64. The molecule has 0 aromatic heterocycles. The summed E-state index contributed by atoms with van der Waals surface area (Å²) in [5.41, 5.74) is 0. The van der Waals surface area contributed by atoms with Crippen LogP contribution in [0.3, 0.4) is 0 Å². The van der Waals surface area contributed by atoms with Gasteiger partial charge in [-0.2, -0.15) is 8.42 Å². The molecule has 0 rings (SSSR count). The molecule has 0 spiro atoms. The Balaban J connectivity index is 4.74. The summed E-state index contributed by atoms with van der Waals surface area (Å²) in [7, 11) is -4.76. The summed E-state index contributed by atoms with van der Waals surface area (Å²) in [5, 5.41) is -1.09. The van der Waals surface area contributed by atoms with E-state index in [0.29, 0.717) is 0 Å². The second kappa shape index (κ2) is 3.66. The molecule has 0 aromatic carbocycles. The smallest absolute Gasteiger partial charge is 0.194 e. The van der Waals surface area contributed by atoms with Gasteiger partial charge in [-0.25, -0.2) is 0 Å². The molecule has 0 aliphatic rings. The van der Waals surface area contributed by atoms with E-state index in [1.165, 1.54) is 0 Å². The van der Waals surface area contributed by atoms with Crippen LogP contribution in [0.25, 0.3) is 0 Å². The Labute approximate surface area is 80.4 Å². The lowest BCUT2D eigenvalue weighted by molar-refractivity contribution is 0.405. The fraction of sp³-hybridized carbons (Fsp3) is 1.00. The fourth-order valence-corrected chi connectivity index (χ4v) is 1.51. The van der Waals surface area contributed by atoms with Crippen molar-refractivity contribution >= 4 is 44.9 Å². The molecule has 0 aromatic rings. The first-order valence-corrected chi connectivity index (χ1v) is 5.30. The van der Waals surface area contributed by atoms with Gasteiger partial charge in [0.1, 0.15) is 0 Å². The van der Waals surface area contributed by atoms with E-state index in [0.717, 1.165) is 0 Å². The van der Waals surface area contributed by atoms with Crippen LogP contribution in [0, 0.1) is 0 Å². The van der Waals surface area contributed by atoms with Gasteiger partial charge in [0.25, 0.3) is 3.67 Å². The molecule has 0 bridgehead atoms. The van der Waals surface area contributed by atoms with Gasteiger partial charge in [-0.3, -0.25) is 0 Å². The Morgan fingerprint density at radius 3 is 1.91 bits per heavy atom. The van der Waals surface area contributed by atoms with E-state index in [9.17, 15) is 13.0 Å². The zero-order valence-electron chi connectivity index (χ0n) is 5.55. The van der Waals surface area contributed by atoms with Crippen molar-refractivity contribution in [3.63, 3.8) is 0 Å². The maximum Gasteiger partial charge on any atom is 0.330 e. The zero-order chi connectivity index (χ0) is 9.28. The van der Waals surface area contributed by atoms with Crippen molar-refractivity contribution in [3.05, 3.63) is 0 Å². The van der Waals surface area contributed by atoms with Gasteiger partial charge >= 0.3 is 10.1 Å². The highest BCUT2D eigenvalue weighted by Crippen LogP contribution is 2.36. The molecule has 0 fully saturated rings. The summed E-state index contributed by atoms with van der Waals surface area (Å²) in [6, 6.07) is 0. The van der Waals surface area contributed by atoms with E-state index >= 15 is 0 Å². The Morgan fingerprint density at radius 2 is 1.82 bits per heavy atom. The van der Waals surface area contributed by atoms with Gasteiger partial charge in [-0.15, -0.1) is 11.6 Å². The standard InChI is InChI=1S/C4H6Cl3O3S/c1-2-3(5)4(6,7)11(8,9)10/h3H,2H2,1H3. The fourth-order valence-electron chi connectivity index (χ4n) is 0.394. The molecule has 1 radical (unpaired) electrons. The average Bonchev–Trinajstić information content (AvgIpc) is 1.83. The van der Waals surface area contributed by atoms with E-state index in [2.05, 4.69) is 0 Å². The van der Waals surface area contributed by atoms with Gasteiger partial charge in [-0.1, -0.05) is 34.7 Å². The highest BCUT2D eigenvalue weighted by molar-refractivity contribution is 7.90. The molecule has 0 N–H and O–H groups in total. The molecular weight excluding hydrogens is 234 g/mol. The summed E-state index contributed by atoms with van der Waals surface area (Å²) < 4.78 is 28.6. The molecule has 0 saturated carbocycles. The maximum atomic E-state index is 10.3. The van der Waals surface area contributed by atoms with E-state index in [1.54, 1.807) is 6.92 Å². The van der Waals surface area contributed by atoms with Crippen molar-refractivity contribution in [2.24, 2.45) is 0 Å². The lowest BCUT2D eigenvalue weighted by Crippen LogP contribution is -2.34. The minimum Gasteiger partial charge on any atom is -0.194 e. The van der Waals surface area contributed by atoms with Crippen LogP contribution in [0.4, 0.5) is 0 Å². The maximum absolute atomic E-state index is 10.3. The van der Waals surface area contributed by atoms with Crippen LogP contribution in [0.2, 0.25) is 0 Å². The first-order valence-electron chi connectivity index (χ1n) is 2.70. The molecular formula is C4H6Cl3O3S. The number of hydrogen-bond donors (Lipinski definition) is 0. The van der Waals surface area contributed by atoms with Gasteiger partial charge in [0.15, 0.2) is 0 Å². The van der Waals surface area contributed by atoms with Crippen LogP contribution in [-0.2, 0) is 14.7 Å². The SMILES string of the molecule is CCC(Cl)C(Cl)(Cl)S([O])(=O)=O. The van der Waals surface area contributed by atoms with E-state index in [1.807, 2.05) is 0 Å². The summed E-state index contributed by atoms with van der Waals surface area (Å²) in [4.78, 5) is 0. The highest BCUT2D eigenvalue weighted by atomic mass is 35.5. The van der Waals surface area contributed by atoms with Crippen LogP contribution in [0.15, 0.2) is 0 Å². The van der Waals surface area contributed by atoms with Crippen LogP contribution >= 0.6 is 34.8 Å². The molecule has 0 amide bonds. The minimum atomic E-state index is -4.76. The molecule has 0 heterocycles. The Bertz CT molecular complexity index is 223. The van der Waals surface area contributed by atoms with Gasteiger partial charge < -0.3 is 0 Å². The van der Waals surface area contributed by atoms with Gasteiger partial charge in [-0.05, 0) is 6.42 Å². The van der Waals surface area contributed by atoms with E-state index in [-0.39, 0.29) is 6.42 Å². The van der Waals surface area contributed by atoms with E-state index in [4.69, 9.17) is 34.8 Å². The second-order valence-corrected chi connectivity index (χ2v) is 5.80. The van der Waals surface area contributed by atoms with Crippen molar-refractivity contribution < 1.29 is 13.0 Å². The lowest BCUT2D eigenvalue weighted by atomic mass is 10.4. The normalized spacial score (nSPS) is 16.5. The molecule has 3 nitrogen and oxygen atoms in total. The molecule has 67 valence electrons. The molecule has 1 unspecified atom stereocenters. The van der Waals surface area contributed by atoms with Crippen molar-refractivity contribution in [3.8, 4) is 0 Å². The van der Waals surface area contributed by atoms with Crippen molar-refractivity contribution in [2.45, 2.75) is 22.4 Å². The summed E-state index contributed by atoms with van der Waals surface area (Å²) >= 11 is 15.8. The van der Waals surface area contributed by atoms with Gasteiger partial charge in [0, 0.05) is 0 Å². The third-order valence-corrected chi connectivity index (χ3v) is 4.66. The first-order chi connectivity index (χ1) is 4.73. The molecule has 1 atom stereocenters. The summed E-state index contributed by atoms with van der Waals surface area (Å²) in [6.45, 7) is 1.57. The lowest BCUT2D eigenvalue weighted by Gasteiger charge is -2.18. The largest absolute Gasteiger partial charge is 0.330 e. The minimum absolute atomic E-state index is 0.204. The summed E-state index contributed by atoms with van der Waals surface area (Å²) in [5.74, 6) is 0. The number of halogens is 3. The van der Waals surface area contributed by atoms with Crippen molar-refractivity contribution in [2.75, 3.05) is 0 Å².